The Morgan fingerprint density at radius 3 is 1.19 bits per heavy atom. The van der Waals surface area contributed by atoms with Gasteiger partial charge in [-0.05, 0) is 84.4 Å². The lowest BCUT2D eigenvalue weighted by Crippen LogP contribution is -2.10. The predicted molar refractivity (Wildman–Crippen MR) is 218 cm³/mol. The summed E-state index contributed by atoms with van der Waals surface area (Å²) in [5.41, 5.74) is 17.4. The Bertz CT molecular complexity index is 2650. The lowest BCUT2D eigenvalue weighted by molar-refractivity contribution is 0.404. The van der Waals surface area contributed by atoms with Crippen molar-refractivity contribution >= 4 is 46.4 Å². The predicted octanol–water partition coefficient (Wildman–Crippen LogP) is 11.4. The number of nitrogens with zero attached hydrogens (tertiary/aromatic N) is 3. The van der Waals surface area contributed by atoms with E-state index in [4.69, 9.17) is 9.97 Å². The van der Waals surface area contributed by atoms with Crippen molar-refractivity contribution in [2.45, 2.75) is 6.54 Å². The van der Waals surface area contributed by atoms with Gasteiger partial charge in [0.25, 0.3) is 0 Å². The Morgan fingerprint density at radius 2 is 0.788 bits per heavy atom. The first kappa shape index (κ1) is 31.4. The molecule has 0 spiro atoms. The van der Waals surface area contributed by atoms with Gasteiger partial charge in [0.1, 0.15) is 0 Å². The van der Waals surface area contributed by atoms with Gasteiger partial charge in [0.15, 0.2) is 0 Å². The van der Waals surface area contributed by atoms with Crippen LogP contribution in [0.2, 0.25) is 0 Å². The molecule has 0 fully saturated rings. The number of hydrogen-bond acceptors (Lipinski definition) is 3. The summed E-state index contributed by atoms with van der Waals surface area (Å²) in [5.74, 6) is 0. The Hall–Kier alpha value is -6.56. The van der Waals surface area contributed by atoms with Crippen molar-refractivity contribution in [3.63, 3.8) is 0 Å². The van der Waals surface area contributed by atoms with Crippen molar-refractivity contribution in [3.8, 4) is 44.5 Å². The molecule has 5 nitrogen and oxygen atoms in total. The van der Waals surface area contributed by atoms with E-state index in [1.54, 1.807) is 0 Å². The third kappa shape index (κ3) is 5.77. The quantitative estimate of drug-likeness (QED) is 0.185. The number of rotatable bonds is 6. The third-order valence-corrected chi connectivity index (χ3v) is 9.68. The molecule has 0 amide bonds. The van der Waals surface area contributed by atoms with Crippen LogP contribution in [0.3, 0.4) is 0 Å². The van der Waals surface area contributed by atoms with Crippen molar-refractivity contribution in [2.75, 3.05) is 14.1 Å². The Balaban J connectivity index is 1.52. The van der Waals surface area contributed by atoms with Crippen LogP contribution in [0.25, 0.3) is 90.9 Å². The van der Waals surface area contributed by atoms with E-state index in [2.05, 4.69) is 193 Å². The average Bonchev–Trinajstić information content (AvgIpc) is 4.01. The molecule has 5 heteroatoms. The van der Waals surface area contributed by atoms with E-state index in [0.717, 1.165) is 95.9 Å². The van der Waals surface area contributed by atoms with Gasteiger partial charge in [0, 0.05) is 45.3 Å². The molecule has 2 N–H and O–H groups in total. The summed E-state index contributed by atoms with van der Waals surface area (Å²) in [6.07, 6.45) is 8.62. The fourth-order valence-electron chi connectivity index (χ4n) is 7.45. The second kappa shape index (κ2) is 13.3. The van der Waals surface area contributed by atoms with Gasteiger partial charge in [-0.1, -0.05) is 121 Å². The minimum absolute atomic E-state index is 0.746. The molecule has 9 rings (SSSR count). The summed E-state index contributed by atoms with van der Waals surface area (Å²) in [7, 11) is 4.23. The van der Waals surface area contributed by atoms with Gasteiger partial charge in [-0.3, -0.25) is 0 Å². The fourth-order valence-corrected chi connectivity index (χ4v) is 7.45. The van der Waals surface area contributed by atoms with E-state index >= 15 is 0 Å². The number of benzene rings is 4. The van der Waals surface area contributed by atoms with Crippen molar-refractivity contribution in [1.82, 2.24) is 24.8 Å². The van der Waals surface area contributed by atoms with Gasteiger partial charge >= 0.3 is 0 Å². The average molecular weight is 672 g/mol. The van der Waals surface area contributed by atoms with E-state index < -0.39 is 0 Å². The topological polar surface area (TPSA) is 60.6 Å². The summed E-state index contributed by atoms with van der Waals surface area (Å²) in [6.45, 7) is 0.746. The second-order valence-electron chi connectivity index (χ2n) is 13.5. The first-order valence-electron chi connectivity index (χ1n) is 17.7. The number of H-pyrrole nitrogens is 2. The lowest BCUT2D eigenvalue weighted by atomic mass is 10.0. The molecule has 0 radical (unpaired) electrons. The van der Waals surface area contributed by atoms with Crippen molar-refractivity contribution in [3.05, 3.63) is 168 Å². The van der Waals surface area contributed by atoms with Gasteiger partial charge in [-0.25, -0.2) is 9.97 Å². The molecule has 8 bridgehead atoms. The van der Waals surface area contributed by atoms with Gasteiger partial charge in [0.2, 0.25) is 0 Å². The summed E-state index contributed by atoms with van der Waals surface area (Å²) in [6, 6.07) is 48.9. The van der Waals surface area contributed by atoms with E-state index in [0.29, 0.717) is 0 Å². The highest BCUT2D eigenvalue weighted by Crippen LogP contribution is 2.39. The zero-order valence-corrected chi connectivity index (χ0v) is 29.1. The number of hydrogen-bond donors (Lipinski definition) is 2. The van der Waals surface area contributed by atoms with Crippen LogP contribution in [0.5, 0.6) is 0 Å². The summed E-state index contributed by atoms with van der Waals surface area (Å²) < 4.78 is 0. The minimum Gasteiger partial charge on any atom is -0.354 e. The van der Waals surface area contributed by atoms with Gasteiger partial charge < -0.3 is 14.9 Å². The number of aromatic nitrogens is 4. The second-order valence-corrected chi connectivity index (χ2v) is 13.5. The standard InChI is InChI=1S/C47H37N5/c1-52(2)30-35-29-42-45(33-19-11-5-12-20-33)40-26-25-38(49-40)43(31-15-7-3-8-16-31)36-23-24-37(48-36)44(32-17-9-4-10-18-32)39-27-28-41(50-39)46(47(35)51-42)34-21-13-6-14-22-34/h3-29,48,51H,30H2,1-2H3. The molecule has 2 aliphatic rings. The molecule has 7 aromatic rings. The van der Waals surface area contributed by atoms with Crippen LogP contribution < -0.4 is 0 Å². The normalized spacial score (nSPS) is 12.1. The van der Waals surface area contributed by atoms with Gasteiger partial charge in [0.05, 0.1) is 28.3 Å². The monoisotopic (exact) mass is 671 g/mol. The maximum Gasteiger partial charge on any atom is 0.0737 e. The van der Waals surface area contributed by atoms with Crippen molar-refractivity contribution in [2.24, 2.45) is 0 Å². The van der Waals surface area contributed by atoms with E-state index in [1.165, 1.54) is 5.56 Å². The molecule has 0 saturated carbocycles. The first-order valence-corrected chi connectivity index (χ1v) is 17.7. The van der Waals surface area contributed by atoms with E-state index in [9.17, 15) is 0 Å². The van der Waals surface area contributed by atoms with Crippen molar-refractivity contribution < 1.29 is 0 Å². The molecule has 4 aromatic carbocycles. The van der Waals surface area contributed by atoms with Gasteiger partial charge in [-0.2, -0.15) is 0 Å². The molecule has 5 heterocycles. The molecule has 0 aliphatic carbocycles. The van der Waals surface area contributed by atoms with Crippen LogP contribution in [0, 0.1) is 0 Å². The molecule has 2 aliphatic heterocycles. The molecule has 250 valence electrons. The van der Waals surface area contributed by atoms with E-state index in [-0.39, 0.29) is 0 Å². The maximum atomic E-state index is 5.46. The number of nitrogens with one attached hydrogen (secondary N) is 2. The van der Waals surface area contributed by atoms with E-state index in [1.807, 2.05) is 0 Å². The molecular formula is C47H37N5. The SMILES string of the molecule is CN(C)Cc1cc2[nH]c1c(-c1ccccc1)c1nc(c(-c3ccccc3)c3ccc([nH]3)c(-c3ccccc3)c3nc(c2-c2ccccc2)C=C3)C=C1. The highest BCUT2D eigenvalue weighted by Gasteiger charge is 2.20. The smallest absolute Gasteiger partial charge is 0.0737 e. The maximum absolute atomic E-state index is 5.46. The molecule has 3 aromatic heterocycles. The Labute approximate surface area is 303 Å². The summed E-state index contributed by atoms with van der Waals surface area (Å²) in [4.78, 5) is 20.9. The first-order chi connectivity index (χ1) is 25.6. The Kier molecular flexibility index (Phi) is 8.03. The highest BCUT2D eigenvalue weighted by molar-refractivity contribution is 6.00. The van der Waals surface area contributed by atoms with Crippen LogP contribution in [0.1, 0.15) is 28.3 Å². The zero-order valence-electron chi connectivity index (χ0n) is 29.1. The molecule has 0 saturated heterocycles. The lowest BCUT2D eigenvalue weighted by Gasteiger charge is -2.10. The van der Waals surface area contributed by atoms with Crippen LogP contribution >= 0.6 is 0 Å². The van der Waals surface area contributed by atoms with Crippen LogP contribution in [-0.4, -0.2) is 38.9 Å². The van der Waals surface area contributed by atoms with Crippen molar-refractivity contribution in [1.29, 1.82) is 0 Å². The van der Waals surface area contributed by atoms with Crippen LogP contribution in [0.15, 0.2) is 140 Å². The summed E-state index contributed by atoms with van der Waals surface area (Å²) >= 11 is 0. The van der Waals surface area contributed by atoms with Gasteiger partial charge in [-0.15, -0.1) is 0 Å². The third-order valence-electron chi connectivity index (χ3n) is 9.68. The summed E-state index contributed by atoms with van der Waals surface area (Å²) in [5, 5.41) is 0. The van der Waals surface area contributed by atoms with Crippen LogP contribution in [-0.2, 0) is 6.54 Å². The Morgan fingerprint density at radius 1 is 0.423 bits per heavy atom. The number of fused-ring (bicyclic) bond motifs is 8. The fraction of sp³-hybridized carbons (Fsp3) is 0.0638. The molecular weight excluding hydrogens is 635 g/mol. The molecule has 0 unspecified atom stereocenters. The molecule has 52 heavy (non-hydrogen) atoms. The minimum atomic E-state index is 0.746. The van der Waals surface area contributed by atoms with Crippen LogP contribution in [0.4, 0.5) is 0 Å². The largest absolute Gasteiger partial charge is 0.354 e. The number of aromatic amines is 2. The molecule has 0 atom stereocenters. The highest BCUT2D eigenvalue weighted by atomic mass is 15.1. The zero-order chi connectivity index (χ0) is 35.0.